The number of nitrogens with zero attached hydrogens (tertiary/aromatic N) is 1. The van der Waals surface area contributed by atoms with Crippen LogP contribution in [-0.2, 0) is 22.4 Å². The molecule has 9 heteroatoms. The lowest BCUT2D eigenvalue weighted by Gasteiger charge is -2.37. The van der Waals surface area contributed by atoms with Crippen LogP contribution in [0.2, 0.25) is 10.0 Å². The Morgan fingerprint density at radius 3 is 2.63 bits per heavy atom. The molecule has 0 saturated heterocycles. The van der Waals surface area contributed by atoms with E-state index in [0.29, 0.717) is 39.6 Å². The zero-order valence-electron chi connectivity index (χ0n) is 18.5. The molecule has 0 spiro atoms. The molecule has 4 rings (SSSR count). The van der Waals surface area contributed by atoms with Crippen molar-refractivity contribution >= 4 is 35.3 Å². The van der Waals surface area contributed by atoms with Crippen LogP contribution in [0, 0.1) is 5.82 Å². The minimum absolute atomic E-state index is 0.0969. The highest BCUT2D eigenvalue weighted by Crippen LogP contribution is 2.41. The average molecular weight is 518 g/mol. The molecule has 6 nitrogen and oxygen atoms in total. The van der Waals surface area contributed by atoms with Crippen LogP contribution in [0.25, 0.3) is 0 Å². The Labute approximate surface area is 211 Å². The summed E-state index contributed by atoms with van der Waals surface area (Å²) in [5.74, 6) is -1.31. The molecule has 1 aliphatic heterocycles. The smallest absolute Gasteiger partial charge is 0.410 e. The van der Waals surface area contributed by atoms with Gasteiger partial charge in [-0.05, 0) is 53.4 Å². The molecule has 1 amide bonds. The number of amides is 1. The molecule has 0 aromatic heterocycles. The SMILES string of the molecule is O=C(O)COc1ccc(Cl)cc1C1c2cccc(F)c2CCN1C(=O)OCCc1ccccc1Cl. The quantitative estimate of drug-likeness (QED) is 0.420. The van der Waals surface area contributed by atoms with E-state index in [2.05, 4.69) is 0 Å². The number of benzene rings is 3. The van der Waals surface area contributed by atoms with Crippen molar-refractivity contribution in [2.45, 2.75) is 18.9 Å². The van der Waals surface area contributed by atoms with Gasteiger partial charge in [0.25, 0.3) is 0 Å². The van der Waals surface area contributed by atoms with E-state index in [1.165, 1.54) is 17.0 Å². The van der Waals surface area contributed by atoms with Gasteiger partial charge in [-0.1, -0.05) is 53.5 Å². The number of carbonyl (C=O) groups excluding carboxylic acids is 1. The summed E-state index contributed by atoms with van der Waals surface area (Å²) in [7, 11) is 0. The molecule has 3 aromatic carbocycles. The van der Waals surface area contributed by atoms with Crippen molar-refractivity contribution in [1.82, 2.24) is 4.90 Å². The summed E-state index contributed by atoms with van der Waals surface area (Å²) in [5.41, 5.74) is 2.32. The fourth-order valence-electron chi connectivity index (χ4n) is 4.19. The Hall–Kier alpha value is -3.29. The highest BCUT2D eigenvalue weighted by molar-refractivity contribution is 6.31. The molecule has 0 aliphatic carbocycles. The van der Waals surface area contributed by atoms with Crippen molar-refractivity contribution in [3.8, 4) is 5.75 Å². The minimum Gasteiger partial charge on any atom is -0.482 e. The second-order valence-corrected chi connectivity index (χ2v) is 8.82. The second kappa shape index (κ2) is 11.0. The van der Waals surface area contributed by atoms with E-state index in [-0.39, 0.29) is 24.7 Å². The van der Waals surface area contributed by atoms with Crippen molar-refractivity contribution in [3.63, 3.8) is 0 Å². The van der Waals surface area contributed by atoms with E-state index < -0.39 is 24.7 Å². The van der Waals surface area contributed by atoms with Gasteiger partial charge in [0.2, 0.25) is 0 Å². The largest absolute Gasteiger partial charge is 0.482 e. The summed E-state index contributed by atoms with van der Waals surface area (Å²) in [6, 6.07) is 15.9. The van der Waals surface area contributed by atoms with Crippen LogP contribution in [0.3, 0.4) is 0 Å². The molecule has 0 fully saturated rings. The van der Waals surface area contributed by atoms with Gasteiger partial charge in [-0.15, -0.1) is 0 Å². The lowest BCUT2D eigenvalue weighted by molar-refractivity contribution is -0.139. The standard InChI is InChI=1S/C26H22Cl2FNO5/c27-17-8-9-23(35-15-24(31)32)20(14-17)25-19-5-3-7-22(29)18(19)10-12-30(25)26(33)34-13-11-16-4-1-2-6-21(16)28/h1-9,14,25H,10-13,15H2,(H,31,32). The van der Waals surface area contributed by atoms with E-state index in [4.69, 9.17) is 37.8 Å². The summed E-state index contributed by atoms with van der Waals surface area (Å²) in [4.78, 5) is 25.8. The van der Waals surface area contributed by atoms with Gasteiger partial charge in [-0.25, -0.2) is 14.0 Å². The number of carboxylic acids is 1. The molecule has 1 heterocycles. The third-order valence-corrected chi connectivity index (χ3v) is 6.37. The first-order valence-corrected chi connectivity index (χ1v) is 11.7. The molecule has 1 unspecified atom stereocenters. The Bertz CT molecular complexity index is 1250. The molecule has 3 aromatic rings. The first-order chi connectivity index (χ1) is 16.8. The van der Waals surface area contributed by atoms with Crippen molar-refractivity contribution in [2.24, 2.45) is 0 Å². The number of hydrogen-bond acceptors (Lipinski definition) is 4. The van der Waals surface area contributed by atoms with Crippen molar-refractivity contribution < 1.29 is 28.6 Å². The molecule has 1 N–H and O–H groups in total. The number of fused-ring (bicyclic) bond motifs is 1. The van der Waals surface area contributed by atoms with Crippen molar-refractivity contribution in [1.29, 1.82) is 0 Å². The maximum Gasteiger partial charge on any atom is 0.410 e. The lowest BCUT2D eigenvalue weighted by atomic mass is 9.87. The normalized spacial score (nSPS) is 14.8. The molecule has 0 saturated carbocycles. The molecule has 1 aliphatic rings. The van der Waals surface area contributed by atoms with Gasteiger partial charge in [0.05, 0.1) is 12.6 Å². The van der Waals surface area contributed by atoms with Gasteiger partial charge >= 0.3 is 12.1 Å². The topological polar surface area (TPSA) is 76.1 Å². The summed E-state index contributed by atoms with van der Waals surface area (Å²) >= 11 is 12.4. The van der Waals surface area contributed by atoms with Crippen LogP contribution in [-0.4, -0.2) is 41.8 Å². The molecule has 0 radical (unpaired) electrons. The van der Waals surface area contributed by atoms with Gasteiger partial charge in [-0.3, -0.25) is 4.90 Å². The van der Waals surface area contributed by atoms with Crippen LogP contribution in [0.1, 0.15) is 28.3 Å². The molecule has 0 bridgehead atoms. The lowest BCUT2D eigenvalue weighted by Crippen LogP contribution is -2.41. The second-order valence-electron chi connectivity index (χ2n) is 7.97. The molecule has 1 atom stereocenters. The average Bonchev–Trinajstić information content (AvgIpc) is 2.84. The third kappa shape index (κ3) is 5.69. The van der Waals surface area contributed by atoms with Crippen LogP contribution >= 0.6 is 23.2 Å². The van der Waals surface area contributed by atoms with E-state index in [0.717, 1.165) is 5.56 Å². The zero-order valence-corrected chi connectivity index (χ0v) is 20.1. The van der Waals surface area contributed by atoms with Gasteiger partial charge in [-0.2, -0.15) is 0 Å². The Morgan fingerprint density at radius 2 is 1.86 bits per heavy atom. The summed E-state index contributed by atoms with van der Waals surface area (Å²) < 4.78 is 25.7. The summed E-state index contributed by atoms with van der Waals surface area (Å²) in [6.07, 6.45) is 0.129. The zero-order chi connectivity index (χ0) is 24.9. The van der Waals surface area contributed by atoms with Crippen LogP contribution in [0.5, 0.6) is 5.75 Å². The minimum atomic E-state index is -1.16. The predicted molar refractivity (Wildman–Crippen MR) is 130 cm³/mol. The first kappa shape index (κ1) is 24.8. The van der Waals surface area contributed by atoms with Crippen molar-refractivity contribution in [2.75, 3.05) is 19.8 Å². The predicted octanol–water partition coefficient (Wildman–Crippen LogP) is 5.92. The fraction of sp³-hybridized carbons (Fsp3) is 0.231. The van der Waals surface area contributed by atoms with E-state index in [1.807, 2.05) is 18.2 Å². The molecule has 35 heavy (non-hydrogen) atoms. The van der Waals surface area contributed by atoms with Gasteiger partial charge in [0, 0.05) is 28.6 Å². The number of aliphatic carboxylic acids is 1. The maximum absolute atomic E-state index is 14.7. The summed E-state index contributed by atoms with van der Waals surface area (Å²) in [5, 5.41) is 10.0. The Kier molecular flexibility index (Phi) is 7.78. The molecule has 182 valence electrons. The van der Waals surface area contributed by atoms with Gasteiger partial charge in [0.15, 0.2) is 6.61 Å². The van der Waals surface area contributed by atoms with E-state index in [9.17, 15) is 14.0 Å². The Balaban J connectivity index is 1.66. The van der Waals surface area contributed by atoms with Crippen LogP contribution in [0.15, 0.2) is 60.7 Å². The molecular weight excluding hydrogens is 496 g/mol. The van der Waals surface area contributed by atoms with E-state index >= 15 is 0 Å². The highest BCUT2D eigenvalue weighted by Gasteiger charge is 2.36. The number of ether oxygens (including phenoxy) is 2. The van der Waals surface area contributed by atoms with Gasteiger partial charge < -0.3 is 14.6 Å². The van der Waals surface area contributed by atoms with E-state index in [1.54, 1.807) is 30.3 Å². The van der Waals surface area contributed by atoms with Crippen LogP contribution < -0.4 is 4.74 Å². The number of hydrogen-bond donors (Lipinski definition) is 1. The number of rotatable bonds is 7. The Morgan fingerprint density at radius 1 is 1.06 bits per heavy atom. The number of carbonyl (C=O) groups is 2. The fourth-order valence-corrected chi connectivity index (χ4v) is 4.60. The molecular formula is C26H22Cl2FNO5. The highest BCUT2D eigenvalue weighted by atomic mass is 35.5. The van der Waals surface area contributed by atoms with Crippen LogP contribution in [0.4, 0.5) is 9.18 Å². The number of halogens is 3. The number of carboxylic acid groups (broad SMARTS) is 1. The first-order valence-electron chi connectivity index (χ1n) is 10.9. The monoisotopic (exact) mass is 517 g/mol. The van der Waals surface area contributed by atoms with Gasteiger partial charge in [0.1, 0.15) is 11.6 Å². The third-order valence-electron chi connectivity index (χ3n) is 5.77. The maximum atomic E-state index is 14.7. The van der Waals surface area contributed by atoms with Crippen molar-refractivity contribution in [3.05, 3.63) is 98.8 Å². The summed E-state index contributed by atoms with van der Waals surface area (Å²) in [6.45, 7) is -0.298.